The molecule has 0 radical (unpaired) electrons. The second-order valence-electron chi connectivity index (χ2n) is 6.34. The fraction of sp³-hybridized carbons (Fsp3) is 0.0909. The summed E-state index contributed by atoms with van der Waals surface area (Å²) in [6, 6.07) is 7.74. The first-order chi connectivity index (χ1) is 13.5. The van der Waals surface area contributed by atoms with E-state index >= 15 is 4.39 Å². The van der Waals surface area contributed by atoms with Crippen molar-refractivity contribution in [2.75, 3.05) is 5.01 Å². The van der Waals surface area contributed by atoms with Crippen molar-refractivity contribution >= 4 is 5.69 Å². The van der Waals surface area contributed by atoms with Gasteiger partial charge in [-0.1, -0.05) is 24.1 Å². The number of nitrogens with zero attached hydrogens (tertiary/aromatic N) is 2. The van der Waals surface area contributed by atoms with Crippen LogP contribution in [0.1, 0.15) is 23.3 Å². The van der Waals surface area contributed by atoms with Gasteiger partial charge in [-0.2, -0.15) is 0 Å². The quantitative estimate of drug-likeness (QED) is 0.794. The van der Waals surface area contributed by atoms with Crippen molar-refractivity contribution in [1.82, 2.24) is 5.01 Å². The standard InChI is InChI=1S/C22H15F3N2O/c1-2-20(28)21-17(24)10-11-18(22(21)25)27-19(14-6-8-15(23)9-7-14)13-16-5-3-4-12-26(16)27/h1,3-13,19-20,28H. The molecule has 0 saturated heterocycles. The van der Waals surface area contributed by atoms with Crippen LogP contribution >= 0.6 is 0 Å². The van der Waals surface area contributed by atoms with Crippen LogP contribution in [0.2, 0.25) is 0 Å². The highest BCUT2D eigenvalue weighted by molar-refractivity contribution is 5.58. The van der Waals surface area contributed by atoms with Gasteiger partial charge in [0, 0.05) is 6.20 Å². The third kappa shape index (κ3) is 2.86. The molecule has 0 aromatic heterocycles. The third-order valence-electron chi connectivity index (χ3n) is 4.69. The van der Waals surface area contributed by atoms with Crippen molar-refractivity contribution in [3.05, 3.63) is 101 Å². The molecular weight excluding hydrogens is 365 g/mol. The highest BCUT2D eigenvalue weighted by Crippen LogP contribution is 2.42. The molecule has 0 saturated carbocycles. The summed E-state index contributed by atoms with van der Waals surface area (Å²) in [4.78, 5) is 0. The van der Waals surface area contributed by atoms with Gasteiger partial charge in [-0.25, -0.2) is 13.2 Å². The molecule has 2 unspecified atom stereocenters. The molecule has 2 aromatic rings. The number of benzene rings is 2. The molecule has 28 heavy (non-hydrogen) atoms. The average molecular weight is 380 g/mol. The molecule has 6 heteroatoms. The van der Waals surface area contributed by atoms with Crippen molar-refractivity contribution in [1.29, 1.82) is 0 Å². The molecule has 0 amide bonds. The van der Waals surface area contributed by atoms with E-state index in [1.54, 1.807) is 34.4 Å². The summed E-state index contributed by atoms with van der Waals surface area (Å²) in [6.45, 7) is 0. The molecule has 0 bridgehead atoms. The summed E-state index contributed by atoms with van der Waals surface area (Å²) in [7, 11) is 0. The number of hydrazine groups is 1. The van der Waals surface area contributed by atoms with Crippen LogP contribution in [0, 0.1) is 29.8 Å². The Morgan fingerprint density at radius 1 is 1.04 bits per heavy atom. The van der Waals surface area contributed by atoms with Crippen molar-refractivity contribution in [3.63, 3.8) is 0 Å². The maximum atomic E-state index is 15.2. The molecule has 3 nitrogen and oxygen atoms in total. The zero-order valence-corrected chi connectivity index (χ0v) is 14.6. The van der Waals surface area contributed by atoms with Crippen molar-refractivity contribution in [2.45, 2.75) is 12.1 Å². The van der Waals surface area contributed by atoms with Crippen LogP contribution in [0.5, 0.6) is 0 Å². The van der Waals surface area contributed by atoms with E-state index in [-0.39, 0.29) is 11.5 Å². The van der Waals surface area contributed by atoms with Crippen LogP contribution < -0.4 is 5.01 Å². The molecule has 0 spiro atoms. The van der Waals surface area contributed by atoms with Gasteiger partial charge in [0.15, 0.2) is 5.82 Å². The number of anilines is 1. The minimum Gasteiger partial charge on any atom is -0.376 e. The summed E-state index contributed by atoms with van der Waals surface area (Å²) in [5, 5.41) is 13.2. The highest BCUT2D eigenvalue weighted by Gasteiger charge is 2.35. The van der Waals surface area contributed by atoms with E-state index in [0.717, 1.165) is 11.8 Å². The van der Waals surface area contributed by atoms with Gasteiger partial charge < -0.3 is 5.11 Å². The number of terminal acetylenes is 1. The fourth-order valence-corrected chi connectivity index (χ4v) is 3.37. The second kappa shape index (κ2) is 6.95. The largest absolute Gasteiger partial charge is 0.376 e. The fourth-order valence-electron chi connectivity index (χ4n) is 3.37. The van der Waals surface area contributed by atoms with Gasteiger partial charge >= 0.3 is 0 Å². The van der Waals surface area contributed by atoms with Crippen LogP contribution in [0.25, 0.3) is 0 Å². The Bertz CT molecular complexity index is 1050. The summed E-state index contributed by atoms with van der Waals surface area (Å²) in [5.41, 5.74) is 0.946. The number of rotatable bonds is 3. The van der Waals surface area contributed by atoms with Gasteiger partial charge in [-0.3, -0.25) is 10.0 Å². The maximum Gasteiger partial charge on any atom is 0.158 e. The number of aliphatic hydroxyl groups excluding tert-OH is 1. The average Bonchev–Trinajstić information content (AvgIpc) is 3.08. The molecule has 2 aliphatic rings. The monoisotopic (exact) mass is 380 g/mol. The molecule has 140 valence electrons. The predicted octanol–water partition coefficient (Wildman–Crippen LogP) is 4.52. The lowest BCUT2D eigenvalue weighted by Crippen LogP contribution is -2.36. The first-order valence-electron chi connectivity index (χ1n) is 8.54. The maximum absolute atomic E-state index is 15.2. The number of halogens is 3. The van der Waals surface area contributed by atoms with E-state index in [9.17, 15) is 13.9 Å². The zero-order valence-electron chi connectivity index (χ0n) is 14.6. The molecule has 4 rings (SSSR count). The topological polar surface area (TPSA) is 26.7 Å². The molecule has 2 atom stereocenters. The number of hydrogen-bond acceptors (Lipinski definition) is 3. The Morgan fingerprint density at radius 2 is 1.79 bits per heavy atom. The molecular formula is C22H15F3N2O. The van der Waals surface area contributed by atoms with E-state index in [1.165, 1.54) is 18.2 Å². The summed E-state index contributed by atoms with van der Waals surface area (Å²) >= 11 is 0. The van der Waals surface area contributed by atoms with Gasteiger partial charge in [0.05, 0.1) is 23.0 Å². The van der Waals surface area contributed by atoms with E-state index in [2.05, 4.69) is 0 Å². The van der Waals surface area contributed by atoms with E-state index < -0.39 is 29.3 Å². The Kier molecular flexibility index (Phi) is 4.46. The first kappa shape index (κ1) is 18.0. The number of fused-ring (bicyclic) bond motifs is 1. The summed E-state index contributed by atoms with van der Waals surface area (Å²) in [6.07, 6.45) is 12.5. The molecule has 0 aliphatic carbocycles. The van der Waals surface area contributed by atoms with Crippen LogP contribution in [0.3, 0.4) is 0 Å². The normalized spacial score (nSPS) is 18.7. The second-order valence-corrected chi connectivity index (χ2v) is 6.34. The van der Waals surface area contributed by atoms with Crippen LogP contribution in [-0.2, 0) is 0 Å². The van der Waals surface area contributed by atoms with Crippen molar-refractivity contribution in [2.24, 2.45) is 0 Å². The lowest BCUT2D eigenvalue weighted by Gasteiger charge is -2.36. The first-order valence-corrected chi connectivity index (χ1v) is 8.54. The predicted molar refractivity (Wildman–Crippen MR) is 100.0 cm³/mol. The van der Waals surface area contributed by atoms with Gasteiger partial charge in [0.1, 0.15) is 17.7 Å². The Morgan fingerprint density at radius 3 is 2.50 bits per heavy atom. The number of aliphatic hydroxyl groups is 1. The molecule has 0 fully saturated rings. The highest BCUT2D eigenvalue weighted by atomic mass is 19.1. The lowest BCUT2D eigenvalue weighted by molar-refractivity contribution is 0.226. The van der Waals surface area contributed by atoms with Gasteiger partial charge in [-0.05, 0) is 48.1 Å². The van der Waals surface area contributed by atoms with Crippen LogP contribution in [0.4, 0.5) is 18.9 Å². The Hall–Kier alpha value is -3.43. The van der Waals surface area contributed by atoms with Gasteiger partial charge in [0.2, 0.25) is 0 Å². The van der Waals surface area contributed by atoms with E-state index in [1.807, 2.05) is 24.1 Å². The Labute approximate surface area is 160 Å². The minimum absolute atomic E-state index is 0.0335. The number of hydrogen-bond donors (Lipinski definition) is 1. The van der Waals surface area contributed by atoms with Gasteiger partial charge in [0.25, 0.3) is 0 Å². The summed E-state index contributed by atoms with van der Waals surface area (Å²) in [5.74, 6) is -0.307. The smallest absolute Gasteiger partial charge is 0.158 e. The van der Waals surface area contributed by atoms with E-state index in [0.29, 0.717) is 5.56 Å². The van der Waals surface area contributed by atoms with Crippen molar-refractivity contribution < 1.29 is 18.3 Å². The van der Waals surface area contributed by atoms with E-state index in [4.69, 9.17) is 6.42 Å². The minimum atomic E-state index is -1.71. The molecule has 1 N–H and O–H groups in total. The Balaban J connectivity index is 1.87. The third-order valence-corrected chi connectivity index (χ3v) is 4.69. The molecule has 2 aliphatic heterocycles. The van der Waals surface area contributed by atoms with Gasteiger partial charge in [-0.15, -0.1) is 6.42 Å². The zero-order chi connectivity index (χ0) is 19.8. The van der Waals surface area contributed by atoms with Crippen LogP contribution in [-0.4, -0.2) is 10.1 Å². The molecule has 2 heterocycles. The summed E-state index contributed by atoms with van der Waals surface area (Å²) < 4.78 is 42.8. The number of allylic oxidation sites excluding steroid dienone is 3. The SMILES string of the molecule is C#CC(O)c1c(F)ccc(N2C(c3ccc(F)cc3)C=C3C=CC=CN32)c1F. The lowest BCUT2D eigenvalue weighted by atomic mass is 10.0. The van der Waals surface area contributed by atoms with Crippen LogP contribution in [0.15, 0.2) is 72.6 Å². The molecule has 2 aromatic carbocycles. The van der Waals surface area contributed by atoms with Crippen molar-refractivity contribution in [3.8, 4) is 12.3 Å².